The number of hydrogen-bond donors (Lipinski definition) is 0. The van der Waals surface area contributed by atoms with E-state index < -0.39 is 4.92 Å². The summed E-state index contributed by atoms with van der Waals surface area (Å²) in [5, 5.41) is 11.0. The lowest BCUT2D eigenvalue weighted by Crippen LogP contribution is -2.30. The summed E-state index contributed by atoms with van der Waals surface area (Å²) in [6, 6.07) is 4.35. The number of hydrogen-bond acceptors (Lipinski definition) is 4. The summed E-state index contributed by atoms with van der Waals surface area (Å²) < 4.78 is 4.95. The molecule has 0 unspecified atom stereocenters. The molecule has 1 aliphatic heterocycles. The average molecular weight is 292 g/mol. The Hall–Kier alpha value is -2.11. The summed E-state index contributed by atoms with van der Waals surface area (Å²) in [5.74, 6) is 0.00861. The molecule has 1 saturated heterocycles. The molecule has 2 rings (SSSR count). The molecular formula is C15H20N2O4. The monoisotopic (exact) mass is 292 g/mol. The number of benzene rings is 1. The Labute approximate surface area is 123 Å². The molecule has 1 atom stereocenters. The summed E-state index contributed by atoms with van der Waals surface area (Å²) in [6.07, 6.45) is 1.98. The number of nitrogens with zero attached hydrogens (tertiary/aromatic N) is 2. The van der Waals surface area contributed by atoms with E-state index in [1.807, 2.05) is 0 Å². The lowest BCUT2D eigenvalue weighted by atomic mass is 9.87. The third kappa shape index (κ3) is 2.99. The zero-order valence-electron chi connectivity index (χ0n) is 12.6. The molecule has 1 aromatic carbocycles. The number of carbonyl (C=O) groups excluding carboxylic acids is 1. The van der Waals surface area contributed by atoms with Crippen LogP contribution in [0, 0.1) is 15.5 Å². The second-order valence-corrected chi connectivity index (χ2v) is 5.78. The van der Waals surface area contributed by atoms with Crippen molar-refractivity contribution in [3.05, 3.63) is 33.9 Å². The maximum atomic E-state index is 12.5. The molecule has 0 saturated carbocycles. The number of rotatable bonds is 4. The third-order valence-corrected chi connectivity index (χ3v) is 4.32. The number of amides is 1. The van der Waals surface area contributed by atoms with Crippen LogP contribution in [0.3, 0.4) is 0 Å². The van der Waals surface area contributed by atoms with E-state index in [-0.39, 0.29) is 22.8 Å². The highest BCUT2D eigenvalue weighted by Crippen LogP contribution is 2.34. The molecule has 114 valence electrons. The molecule has 21 heavy (non-hydrogen) atoms. The van der Waals surface area contributed by atoms with Gasteiger partial charge < -0.3 is 9.64 Å². The predicted molar refractivity (Wildman–Crippen MR) is 78.6 cm³/mol. The summed E-state index contributed by atoms with van der Waals surface area (Å²) >= 11 is 0. The smallest absolute Gasteiger partial charge is 0.311 e. The molecule has 0 N–H and O–H groups in total. The van der Waals surface area contributed by atoms with E-state index in [0.717, 1.165) is 12.8 Å². The molecule has 6 nitrogen and oxygen atoms in total. The van der Waals surface area contributed by atoms with Crippen LogP contribution in [0.4, 0.5) is 5.69 Å². The standard InChI is InChI=1S/C15H20N2O4/c1-4-15(2)7-8-16(10-15)14(18)11-5-6-13(21-3)12(9-11)17(19)20/h5-6,9H,4,7-8,10H2,1-3H3/t15-/m1/s1. The number of nitro benzene ring substituents is 1. The van der Waals surface area contributed by atoms with Crippen molar-refractivity contribution in [3.8, 4) is 5.75 Å². The van der Waals surface area contributed by atoms with Gasteiger partial charge in [-0.1, -0.05) is 13.8 Å². The van der Waals surface area contributed by atoms with Crippen LogP contribution in [0.1, 0.15) is 37.0 Å². The van der Waals surface area contributed by atoms with E-state index in [0.29, 0.717) is 18.7 Å². The second kappa shape index (κ2) is 5.71. The zero-order valence-corrected chi connectivity index (χ0v) is 12.6. The molecular weight excluding hydrogens is 272 g/mol. The molecule has 0 aliphatic carbocycles. The lowest BCUT2D eigenvalue weighted by Gasteiger charge is -2.22. The van der Waals surface area contributed by atoms with Crippen molar-refractivity contribution in [2.45, 2.75) is 26.7 Å². The van der Waals surface area contributed by atoms with Crippen molar-refractivity contribution in [1.29, 1.82) is 0 Å². The molecule has 1 amide bonds. The Kier molecular flexibility index (Phi) is 4.16. The number of nitro groups is 1. The molecule has 0 spiro atoms. The van der Waals surface area contributed by atoms with Crippen LogP contribution in [-0.2, 0) is 0 Å². The fourth-order valence-corrected chi connectivity index (χ4v) is 2.63. The maximum Gasteiger partial charge on any atom is 0.311 e. The molecule has 0 bridgehead atoms. The Morgan fingerprint density at radius 1 is 1.52 bits per heavy atom. The van der Waals surface area contributed by atoms with Gasteiger partial charge >= 0.3 is 5.69 Å². The first-order valence-corrected chi connectivity index (χ1v) is 7.02. The summed E-state index contributed by atoms with van der Waals surface area (Å²) in [7, 11) is 1.37. The van der Waals surface area contributed by atoms with E-state index in [9.17, 15) is 14.9 Å². The van der Waals surface area contributed by atoms with Crippen LogP contribution in [0.15, 0.2) is 18.2 Å². The third-order valence-electron chi connectivity index (χ3n) is 4.32. The number of ether oxygens (including phenoxy) is 1. The van der Waals surface area contributed by atoms with Gasteiger partial charge in [0, 0.05) is 24.7 Å². The van der Waals surface area contributed by atoms with Gasteiger partial charge in [-0.25, -0.2) is 0 Å². The van der Waals surface area contributed by atoms with Crippen LogP contribution in [0.25, 0.3) is 0 Å². The molecule has 0 aromatic heterocycles. The summed E-state index contributed by atoms with van der Waals surface area (Å²) in [5.41, 5.74) is 0.303. The normalized spacial score (nSPS) is 21.4. The van der Waals surface area contributed by atoms with Crippen molar-refractivity contribution in [2.24, 2.45) is 5.41 Å². The zero-order chi connectivity index (χ0) is 15.6. The van der Waals surface area contributed by atoms with Gasteiger partial charge in [-0.05, 0) is 30.4 Å². The summed E-state index contributed by atoms with van der Waals surface area (Å²) in [4.78, 5) is 24.8. The van der Waals surface area contributed by atoms with Crippen molar-refractivity contribution in [3.63, 3.8) is 0 Å². The summed E-state index contributed by atoms with van der Waals surface area (Å²) in [6.45, 7) is 5.67. The SMILES string of the molecule is CC[C@]1(C)CCN(C(=O)c2ccc(OC)c([N+](=O)[O-])c2)C1. The molecule has 0 radical (unpaired) electrons. The highest BCUT2D eigenvalue weighted by Gasteiger charge is 2.35. The van der Waals surface area contributed by atoms with Gasteiger partial charge in [0.1, 0.15) is 0 Å². The maximum absolute atomic E-state index is 12.5. The number of likely N-dealkylation sites (tertiary alicyclic amines) is 1. The topological polar surface area (TPSA) is 72.7 Å². The van der Waals surface area contributed by atoms with Crippen molar-refractivity contribution >= 4 is 11.6 Å². The van der Waals surface area contributed by atoms with Gasteiger partial charge in [-0.15, -0.1) is 0 Å². The van der Waals surface area contributed by atoms with E-state index in [1.54, 1.807) is 11.0 Å². The van der Waals surface area contributed by atoms with E-state index in [1.165, 1.54) is 19.2 Å². The molecule has 1 aliphatic rings. The van der Waals surface area contributed by atoms with E-state index in [4.69, 9.17) is 4.74 Å². The minimum Gasteiger partial charge on any atom is -0.490 e. The van der Waals surface area contributed by atoms with Gasteiger partial charge in [-0.3, -0.25) is 14.9 Å². The van der Waals surface area contributed by atoms with Crippen LogP contribution < -0.4 is 4.74 Å². The van der Waals surface area contributed by atoms with Crippen molar-refractivity contribution in [2.75, 3.05) is 20.2 Å². The van der Waals surface area contributed by atoms with Crippen molar-refractivity contribution < 1.29 is 14.5 Å². The first-order chi connectivity index (χ1) is 9.90. The molecule has 1 fully saturated rings. The van der Waals surface area contributed by atoms with Crippen molar-refractivity contribution in [1.82, 2.24) is 4.90 Å². The largest absolute Gasteiger partial charge is 0.490 e. The lowest BCUT2D eigenvalue weighted by molar-refractivity contribution is -0.385. The molecule has 6 heteroatoms. The van der Waals surface area contributed by atoms with Gasteiger partial charge in [0.05, 0.1) is 12.0 Å². The Bertz CT molecular complexity index is 573. The highest BCUT2D eigenvalue weighted by molar-refractivity contribution is 5.95. The highest BCUT2D eigenvalue weighted by atomic mass is 16.6. The minimum atomic E-state index is -0.532. The first-order valence-electron chi connectivity index (χ1n) is 7.02. The molecule has 1 aromatic rings. The predicted octanol–water partition coefficient (Wildman–Crippen LogP) is 2.87. The van der Waals surface area contributed by atoms with E-state index in [2.05, 4.69) is 13.8 Å². The first kappa shape index (κ1) is 15.3. The fourth-order valence-electron chi connectivity index (χ4n) is 2.63. The van der Waals surface area contributed by atoms with Crippen LogP contribution in [0.5, 0.6) is 5.75 Å². The van der Waals surface area contributed by atoms with Gasteiger partial charge in [0.15, 0.2) is 5.75 Å². The van der Waals surface area contributed by atoms with Crippen LogP contribution in [-0.4, -0.2) is 35.9 Å². The second-order valence-electron chi connectivity index (χ2n) is 5.78. The van der Waals surface area contributed by atoms with Crippen LogP contribution >= 0.6 is 0 Å². The minimum absolute atomic E-state index is 0.147. The fraction of sp³-hybridized carbons (Fsp3) is 0.533. The van der Waals surface area contributed by atoms with Gasteiger partial charge in [0.2, 0.25) is 0 Å². The Balaban J connectivity index is 2.25. The quantitative estimate of drug-likeness (QED) is 0.632. The Morgan fingerprint density at radius 2 is 2.24 bits per heavy atom. The molecule has 1 heterocycles. The van der Waals surface area contributed by atoms with Gasteiger partial charge in [-0.2, -0.15) is 0 Å². The van der Waals surface area contributed by atoms with Gasteiger partial charge in [0.25, 0.3) is 5.91 Å². The number of methoxy groups -OCH3 is 1. The Morgan fingerprint density at radius 3 is 2.76 bits per heavy atom. The average Bonchev–Trinajstić information content (AvgIpc) is 2.89. The van der Waals surface area contributed by atoms with E-state index >= 15 is 0 Å². The number of carbonyl (C=O) groups is 1. The van der Waals surface area contributed by atoms with Crippen LogP contribution in [0.2, 0.25) is 0 Å².